The van der Waals surface area contributed by atoms with Crippen LogP contribution in [0.3, 0.4) is 0 Å². The van der Waals surface area contributed by atoms with Crippen LogP contribution in [0.4, 0.5) is 4.39 Å². The summed E-state index contributed by atoms with van der Waals surface area (Å²) in [5.74, 6) is -0.197. The summed E-state index contributed by atoms with van der Waals surface area (Å²) >= 11 is 5.67. The van der Waals surface area contributed by atoms with E-state index >= 15 is 0 Å². The highest BCUT2D eigenvalue weighted by Gasteiger charge is 2.16. The fourth-order valence-corrected chi connectivity index (χ4v) is 2.92. The zero-order chi connectivity index (χ0) is 15.2. The Labute approximate surface area is 130 Å². The monoisotopic (exact) mass is 312 g/mol. The number of rotatable bonds is 5. The molecule has 1 aromatic carbocycles. The van der Waals surface area contributed by atoms with E-state index in [1.165, 1.54) is 25.0 Å². The molecule has 1 atom stereocenters. The van der Waals surface area contributed by atoms with E-state index < -0.39 is 5.82 Å². The fourth-order valence-electron chi connectivity index (χ4n) is 2.76. The van der Waals surface area contributed by atoms with E-state index in [0.29, 0.717) is 11.6 Å². The molecular weight excluding hydrogens is 291 g/mol. The maximum absolute atomic E-state index is 13.6. The number of benzene rings is 1. The van der Waals surface area contributed by atoms with Crippen LogP contribution in [-0.2, 0) is 0 Å². The van der Waals surface area contributed by atoms with Crippen LogP contribution in [0.25, 0.3) is 0 Å². The normalized spacial score (nSPS) is 19.5. The van der Waals surface area contributed by atoms with E-state index in [0.717, 1.165) is 38.0 Å². The van der Waals surface area contributed by atoms with Crippen LogP contribution < -0.4 is 5.32 Å². The molecule has 0 aliphatic carbocycles. The van der Waals surface area contributed by atoms with Crippen LogP contribution >= 0.6 is 11.6 Å². The van der Waals surface area contributed by atoms with Crippen molar-refractivity contribution >= 4 is 17.5 Å². The zero-order valence-electron chi connectivity index (χ0n) is 12.4. The van der Waals surface area contributed by atoms with Crippen molar-refractivity contribution in [2.75, 3.05) is 26.2 Å². The number of nitrogens with one attached hydrogen (secondary N) is 1. The Morgan fingerprint density at radius 2 is 2.33 bits per heavy atom. The second-order valence-corrected chi connectivity index (χ2v) is 6.22. The molecule has 0 radical (unpaired) electrons. The predicted molar refractivity (Wildman–Crippen MR) is 83.2 cm³/mol. The number of carbonyl (C=O) groups is 1. The van der Waals surface area contributed by atoms with Crippen molar-refractivity contribution in [1.29, 1.82) is 0 Å². The van der Waals surface area contributed by atoms with Crippen LogP contribution in [0.1, 0.15) is 36.5 Å². The molecule has 1 amide bonds. The SMILES string of the molecule is C[C@@H]1CCCN(CCCNC(=O)c2ccc(Cl)cc2F)C1. The maximum atomic E-state index is 13.6. The van der Waals surface area contributed by atoms with Crippen molar-refractivity contribution in [3.05, 3.63) is 34.6 Å². The van der Waals surface area contributed by atoms with Crippen LogP contribution in [-0.4, -0.2) is 37.0 Å². The number of hydrogen-bond donors (Lipinski definition) is 1. The molecule has 0 bridgehead atoms. The number of carbonyl (C=O) groups excluding carboxylic acids is 1. The lowest BCUT2D eigenvalue weighted by Gasteiger charge is -2.30. The van der Waals surface area contributed by atoms with Gasteiger partial charge in [0.05, 0.1) is 5.56 Å². The summed E-state index contributed by atoms with van der Waals surface area (Å²) in [6.45, 7) is 6.10. The van der Waals surface area contributed by atoms with Crippen molar-refractivity contribution < 1.29 is 9.18 Å². The summed E-state index contributed by atoms with van der Waals surface area (Å²) in [6.07, 6.45) is 3.44. The van der Waals surface area contributed by atoms with E-state index in [1.807, 2.05) is 0 Å². The van der Waals surface area contributed by atoms with Gasteiger partial charge in [0.1, 0.15) is 5.82 Å². The molecule has 0 aromatic heterocycles. The quantitative estimate of drug-likeness (QED) is 0.846. The summed E-state index contributed by atoms with van der Waals surface area (Å²) in [5.41, 5.74) is 0.0472. The van der Waals surface area contributed by atoms with Gasteiger partial charge in [-0.05, 0) is 56.5 Å². The minimum Gasteiger partial charge on any atom is -0.352 e. The molecule has 2 rings (SSSR count). The summed E-state index contributed by atoms with van der Waals surface area (Å²) in [5, 5.41) is 3.06. The Morgan fingerprint density at radius 1 is 1.52 bits per heavy atom. The number of nitrogens with zero attached hydrogens (tertiary/aromatic N) is 1. The fraction of sp³-hybridized carbons (Fsp3) is 0.562. The van der Waals surface area contributed by atoms with Gasteiger partial charge in [-0.15, -0.1) is 0 Å². The molecule has 1 fully saturated rings. The van der Waals surface area contributed by atoms with Gasteiger partial charge in [0.25, 0.3) is 5.91 Å². The summed E-state index contributed by atoms with van der Waals surface area (Å²) < 4.78 is 13.6. The first kappa shape index (κ1) is 16.2. The Hall–Kier alpha value is -1.13. The van der Waals surface area contributed by atoms with E-state index in [1.54, 1.807) is 0 Å². The first-order valence-electron chi connectivity index (χ1n) is 7.52. The van der Waals surface area contributed by atoms with Gasteiger partial charge in [0.2, 0.25) is 0 Å². The molecule has 5 heteroatoms. The number of amides is 1. The number of hydrogen-bond acceptors (Lipinski definition) is 2. The average molecular weight is 313 g/mol. The Morgan fingerprint density at radius 3 is 3.05 bits per heavy atom. The largest absolute Gasteiger partial charge is 0.352 e. The smallest absolute Gasteiger partial charge is 0.254 e. The van der Waals surface area contributed by atoms with Gasteiger partial charge < -0.3 is 10.2 Å². The van der Waals surface area contributed by atoms with Gasteiger partial charge in [0.15, 0.2) is 0 Å². The molecule has 1 aromatic rings. The number of piperidine rings is 1. The Kier molecular flexibility index (Phi) is 6.00. The van der Waals surface area contributed by atoms with Crippen LogP contribution in [0.5, 0.6) is 0 Å². The van der Waals surface area contributed by atoms with E-state index in [4.69, 9.17) is 11.6 Å². The minimum absolute atomic E-state index is 0.0472. The molecule has 21 heavy (non-hydrogen) atoms. The van der Waals surface area contributed by atoms with E-state index in [2.05, 4.69) is 17.1 Å². The standard InChI is InChI=1S/C16H22ClFN2O/c1-12-4-2-8-20(11-12)9-3-7-19-16(21)14-6-5-13(17)10-15(14)18/h5-6,10,12H,2-4,7-9,11H2,1H3,(H,19,21)/t12-/m1/s1. The lowest BCUT2D eigenvalue weighted by Crippen LogP contribution is -2.36. The Bertz CT molecular complexity index is 495. The molecule has 1 saturated heterocycles. The predicted octanol–water partition coefficient (Wildman–Crippen LogP) is 3.33. The number of likely N-dealkylation sites (tertiary alicyclic amines) is 1. The van der Waals surface area contributed by atoms with Gasteiger partial charge in [-0.2, -0.15) is 0 Å². The second-order valence-electron chi connectivity index (χ2n) is 5.78. The highest BCUT2D eigenvalue weighted by molar-refractivity contribution is 6.30. The van der Waals surface area contributed by atoms with Crippen LogP contribution in [0.2, 0.25) is 5.02 Å². The molecule has 0 saturated carbocycles. The molecular formula is C16H22ClFN2O. The minimum atomic E-state index is -0.579. The highest BCUT2D eigenvalue weighted by Crippen LogP contribution is 2.16. The van der Waals surface area contributed by atoms with Crippen LogP contribution in [0, 0.1) is 11.7 Å². The lowest BCUT2D eigenvalue weighted by atomic mass is 10.0. The second kappa shape index (κ2) is 7.76. The summed E-state index contributed by atoms with van der Waals surface area (Å²) in [4.78, 5) is 14.3. The van der Waals surface area contributed by atoms with Gasteiger partial charge in [-0.1, -0.05) is 18.5 Å². The summed E-state index contributed by atoms with van der Waals surface area (Å²) in [6, 6.07) is 4.10. The average Bonchev–Trinajstić information content (AvgIpc) is 2.43. The third-order valence-electron chi connectivity index (χ3n) is 3.85. The summed E-state index contributed by atoms with van der Waals surface area (Å²) in [7, 11) is 0. The van der Waals surface area contributed by atoms with Crippen molar-refractivity contribution in [1.82, 2.24) is 10.2 Å². The van der Waals surface area contributed by atoms with E-state index in [-0.39, 0.29) is 11.5 Å². The topological polar surface area (TPSA) is 32.3 Å². The van der Waals surface area contributed by atoms with Crippen molar-refractivity contribution in [2.45, 2.75) is 26.2 Å². The van der Waals surface area contributed by atoms with Crippen molar-refractivity contribution in [2.24, 2.45) is 5.92 Å². The van der Waals surface area contributed by atoms with Crippen LogP contribution in [0.15, 0.2) is 18.2 Å². The zero-order valence-corrected chi connectivity index (χ0v) is 13.1. The maximum Gasteiger partial charge on any atom is 0.254 e. The molecule has 0 unspecified atom stereocenters. The molecule has 1 N–H and O–H groups in total. The third-order valence-corrected chi connectivity index (χ3v) is 4.09. The molecule has 0 spiro atoms. The number of halogens is 2. The van der Waals surface area contributed by atoms with Crippen molar-refractivity contribution in [3.63, 3.8) is 0 Å². The van der Waals surface area contributed by atoms with Gasteiger partial charge in [0, 0.05) is 18.1 Å². The van der Waals surface area contributed by atoms with E-state index in [9.17, 15) is 9.18 Å². The molecule has 1 aliphatic rings. The van der Waals surface area contributed by atoms with Crippen molar-refractivity contribution in [3.8, 4) is 0 Å². The highest BCUT2D eigenvalue weighted by atomic mass is 35.5. The molecule has 1 aliphatic heterocycles. The first-order chi connectivity index (χ1) is 10.1. The molecule has 3 nitrogen and oxygen atoms in total. The van der Waals surface area contributed by atoms with Gasteiger partial charge in [-0.3, -0.25) is 4.79 Å². The lowest BCUT2D eigenvalue weighted by molar-refractivity contribution is 0.0946. The molecule has 1 heterocycles. The first-order valence-corrected chi connectivity index (χ1v) is 7.89. The van der Waals surface area contributed by atoms with Gasteiger partial charge >= 0.3 is 0 Å². The Balaban J connectivity index is 1.72. The van der Waals surface area contributed by atoms with Gasteiger partial charge in [-0.25, -0.2) is 4.39 Å². The third kappa shape index (κ3) is 4.97. The molecule has 116 valence electrons.